The van der Waals surface area contributed by atoms with Crippen LogP contribution in [0, 0.1) is 0 Å². The Hall–Kier alpha value is -1.59. The van der Waals surface area contributed by atoms with Gasteiger partial charge in [-0.3, -0.25) is 4.99 Å². The molecule has 0 fully saturated rings. The molecule has 1 aromatic heterocycles. The number of guanidine groups is 1. The molecule has 0 bridgehead atoms. The summed E-state index contributed by atoms with van der Waals surface area (Å²) in [5.41, 5.74) is 5.46. The van der Waals surface area contributed by atoms with Crippen LogP contribution in [0.4, 0.5) is 0 Å². The zero-order valence-corrected chi connectivity index (χ0v) is 9.32. The Kier molecular flexibility index (Phi) is 4.08. The molecule has 6 nitrogen and oxygen atoms in total. The smallest absolute Gasteiger partial charge is 0.228 e. The zero-order valence-electron chi connectivity index (χ0n) is 9.32. The molecule has 15 heavy (non-hydrogen) atoms. The van der Waals surface area contributed by atoms with Crippen LogP contribution in [0.15, 0.2) is 9.52 Å². The normalized spacial score (nSPS) is 12.1. The Morgan fingerprint density at radius 1 is 1.60 bits per heavy atom. The van der Waals surface area contributed by atoms with Gasteiger partial charge in [-0.05, 0) is 0 Å². The number of nitrogens with one attached hydrogen (secondary N) is 1. The first-order chi connectivity index (χ1) is 7.13. The van der Waals surface area contributed by atoms with E-state index in [-0.39, 0.29) is 5.92 Å². The van der Waals surface area contributed by atoms with Gasteiger partial charge in [-0.2, -0.15) is 4.98 Å². The lowest BCUT2D eigenvalue weighted by molar-refractivity contribution is 0.371. The van der Waals surface area contributed by atoms with Crippen LogP contribution in [0.5, 0.6) is 0 Å². The molecule has 0 unspecified atom stereocenters. The van der Waals surface area contributed by atoms with Gasteiger partial charge in [0.25, 0.3) is 0 Å². The number of hydrogen-bond donors (Lipinski definition) is 2. The highest BCUT2D eigenvalue weighted by Crippen LogP contribution is 2.09. The molecule has 0 radical (unpaired) electrons. The molecule has 0 saturated carbocycles. The summed E-state index contributed by atoms with van der Waals surface area (Å²) < 4.78 is 5.06. The monoisotopic (exact) mass is 211 g/mol. The van der Waals surface area contributed by atoms with Gasteiger partial charge in [-0.15, -0.1) is 0 Å². The highest BCUT2D eigenvalue weighted by atomic mass is 16.5. The Bertz CT molecular complexity index is 331. The van der Waals surface area contributed by atoms with Crippen molar-refractivity contribution in [2.75, 3.05) is 13.6 Å². The van der Waals surface area contributed by atoms with Gasteiger partial charge in [0.15, 0.2) is 11.8 Å². The van der Waals surface area contributed by atoms with E-state index in [4.69, 9.17) is 10.3 Å². The molecule has 1 heterocycles. The van der Waals surface area contributed by atoms with Crippen molar-refractivity contribution < 1.29 is 4.52 Å². The highest BCUT2D eigenvalue weighted by Gasteiger charge is 2.08. The Labute approximate surface area is 89.0 Å². The van der Waals surface area contributed by atoms with Gasteiger partial charge in [0, 0.05) is 25.9 Å². The van der Waals surface area contributed by atoms with Gasteiger partial charge in [0.1, 0.15) is 0 Å². The molecule has 0 spiro atoms. The van der Waals surface area contributed by atoms with Crippen molar-refractivity contribution in [2.24, 2.45) is 10.7 Å². The molecular weight excluding hydrogens is 194 g/mol. The standard InChI is InChI=1S/C9H17N5O/c1-6(2)8-13-7(15-14-8)4-5-12-9(10)11-3/h6H,4-5H2,1-3H3,(H3,10,11,12). The molecule has 0 aliphatic rings. The molecule has 1 rings (SSSR count). The van der Waals surface area contributed by atoms with E-state index in [0.717, 1.165) is 5.82 Å². The molecule has 84 valence electrons. The number of aliphatic imine (C=N–C) groups is 1. The van der Waals surface area contributed by atoms with Crippen molar-refractivity contribution in [3.8, 4) is 0 Å². The molecule has 3 N–H and O–H groups in total. The number of nitrogens with zero attached hydrogens (tertiary/aromatic N) is 3. The quantitative estimate of drug-likeness (QED) is 0.551. The second-order valence-corrected chi connectivity index (χ2v) is 3.49. The summed E-state index contributed by atoms with van der Waals surface area (Å²) in [4.78, 5) is 8.00. The highest BCUT2D eigenvalue weighted by molar-refractivity contribution is 5.77. The van der Waals surface area contributed by atoms with Gasteiger partial charge < -0.3 is 15.6 Å². The number of aromatic nitrogens is 2. The van der Waals surface area contributed by atoms with Gasteiger partial charge >= 0.3 is 0 Å². The lowest BCUT2D eigenvalue weighted by atomic mass is 10.2. The average Bonchev–Trinajstić information content (AvgIpc) is 2.66. The van der Waals surface area contributed by atoms with E-state index in [1.165, 1.54) is 0 Å². The van der Waals surface area contributed by atoms with Crippen LogP contribution >= 0.6 is 0 Å². The van der Waals surface area contributed by atoms with Crippen LogP contribution < -0.4 is 11.1 Å². The summed E-state index contributed by atoms with van der Waals surface area (Å²) in [6, 6.07) is 0. The van der Waals surface area contributed by atoms with E-state index in [2.05, 4.69) is 20.4 Å². The van der Waals surface area contributed by atoms with Gasteiger partial charge in [-0.1, -0.05) is 19.0 Å². The van der Waals surface area contributed by atoms with Crippen LogP contribution in [-0.4, -0.2) is 29.7 Å². The maximum Gasteiger partial charge on any atom is 0.228 e. The fraction of sp³-hybridized carbons (Fsp3) is 0.667. The SMILES string of the molecule is CN=C(N)NCCc1nc(C(C)C)no1. The second-order valence-electron chi connectivity index (χ2n) is 3.49. The zero-order chi connectivity index (χ0) is 11.3. The average molecular weight is 211 g/mol. The van der Waals surface area contributed by atoms with Crippen molar-refractivity contribution in [1.29, 1.82) is 0 Å². The van der Waals surface area contributed by atoms with Crippen LogP contribution in [0.25, 0.3) is 0 Å². The number of rotatable bonds is 4. The Balaban J connectivity index is 2.38. The van der Waals surface area contributed by atoms with Crippen molar-refractivity contribution in [1.82, 2.24) is 15.5 Å². The second kappa shape index (κ2) is 5.33. The molecule has 0 aromatic carbocycles. The largest absolute Gasteiger partial charge is 0.370 e. The van der Waals surface area contributed by atoms with Crippen molar-refractivity contribution >= 4 is 5.96 Å². The first-order valence-electron chi connectivity index (χ1n) is 4.92. The molecule has 1 aromatic rings. The fourth-order valence-corrected chi connectivity index (χ4v) is 0.981. The molecule has 0 amide bonds. The maximum absolute atomic E-state index is 5.46. The third-order valence-electron chi connectivity index (χ3n) is 1.89. The van der Waals surface area contributed by atoms with Crippen LogP contribution in [0.2, 0.25) is 0 Å². The predicted molar refractivity (Wildman–Crippen MR) is 57.6 cm³/mol. The number of hydrogen-bond acceptors (Lipinski definition) is 4. The summed E-state index contributed by atoms with van der Waals surface area (Å²) in [7, 11) is 1.63. The Morgan fingerprint density at radius 3 is 2.87 bits per heavy atom. The lowest BCUT2D eigenvalue weighted by Crippen LogP contribution is -2.32. The lowest BCUT2D eigenvalue weighted by Gasteiger charge is -2.00. The van der Waals surface area contributed by atoms with Gasteiger partial charge in [-0.25, -0.2) is 0 Å². The predicted octanol–water partition coefficient (Wildman–Crippen LogP) is 0.270. The summed E-state index contributed by atoms with van der Waals surface area (Å²) in [6.45, 7) is 4.69. The Morgan fingerprint density at radius 2 is 2.33 bits per heavy atom. The molecule has 0 saturated heterocycles. The van der Waals surface area contributed by atoms with E-state index in [1.807, 2.05) is 13.8 Å². The van der Waals surface area contributed by atoms with Crippen molar-refractivity contribution in [3.05, 3.63) is 11.7 Å². The van der Waals surface area contributed by atoms with E-state index in [0.29, 0.717) is 24.8 Å². The minimum Gasteiger partial charge on any atom is -0.370 e. The molecular formula is C9H17N5O. The molecule has 0 aliphatic heterocycles. The third-order valence-corrected chi connectivity index (χ3v) is 1.89. The summed E-state index contributed by atoms with van der Waals surface area (Å²) in [5.74, 6) is 2.06. The molecule has 6 heteroatoms. The van der Waals surface area contributed by atoms with E-state index in [9.17, 15) is 0 Å². The number of nitrogens with two attached hydrogens (primary N) is 1. The summed E-state index contributed by atoms with van der Waals surface area (Å²) in [5, 5.41) is 6.78. The summed E-state index contributed by atoms with van der Waals surface area (Å²) >= 11 is 0. The van der Waals surface area contributed by atoms with Crippen molar-refractivity contribution in [2.45, 2.75) is 26.2 Å². The third kappa shape index (κ3) is 3.57. The maximum atomic E-state index is 5.46. The van der Waals surface area contributed by atoms with E-state index < -0.39 is 0 Å². The van der Waals surface area contributed by atoms with E-state index in [1.54, 1.807) is 7.05 Å². The van der Waals surface area contributed by atoms with E-state index >= 15 is 0 Å². The fourth-order valence-electron chi connectivity index (χ4n) is 0.981. The molecule has 0 aliphatic carbocycles. The van der Waals surface area contributed by atoms with Crippen molar-refractivity contribution in [3.63, 3.8) is 0 Å². The topological polar surface area (TPSA) is 89.3 Å². The summed E-state index contributed by atoms with van der Waals surface area (Å²) in [6.07, 6.45) is 0.649. The van der Waals surface area contributed by atoms with Crippen LogP contribution in [-0.2, 0) is 6.42 Å². The van der Waals surface area contributed by atoms with Crippen LogP contribution in [0.3, 0.4) is 0 Å². The minimum absolute atomic E-state index is 0.290. The first kappa shape index (κ1) is 11.5. The minimum atomic E-state index is 0.290. The molecule has 0 atom stereocenters. The first-order valence-corrected chi connectivity index (χ1v) is 4.92. The van der Waals surface area contributed by atoms with Crippen LogP contribution in [0.1, 0.15) is 31.5 Å². The van der Waals surface area contributed by atoms with Gasteiger partial charge in [0.05, 0.1) is 0 Å². The van der Waals surface area contributed by atoms with Gasteiger partial charge in [0.2, 0.25) is 5.89 Å².